The van der Waals surface area contributed by atoms with Crippen molar-refractivity contribution in [3.63, 3.8) is 0 Å². The highest BCUT2D eigenvalue weighted by molar-refractivity contribution is 7.15. The Morgan fingerprint density at radius 1 is 1.25 bits per heavy atom. The molecule has 1 aliphatic rings. The summed E-state index contributed by atoms with van der Waals surface area (Å²) in [5.41, 5.74) is 2.50. The van der Waals surface area contributed by atoms with Crippen LogP contribution >= 0.6 is 11.3 Å². The number of hydrogen-bond donors (Lipinski definition) is 1. The van der Waals surface area contributed by atoms with E-state index in [1.165, 1.54) is 5.56 Å². The maximum atomic E-state index is 14.3. The number of alkyl halides is 3. The molecule has 2 heterocycles. The van der Waals surface area contributed by atoms with Gasteiger partial charge in [0.1, 0.15) is 17.3 Å². The number of nitrogens with zero attached hydrogens (tertiary/aromatic N) is 2. The summed E-state index contributed by atoms with van der Waals surface area (Å²) in [6, 6.07) is 10.6. The van der Waals surface area contributed by atoms with Crippen molar-refractivity contribution in [3.05, 3.63) is 70.0 Å². The molecule has 32 heavy (non-hydrogen) atoms. The van der Waals surface area contributed by atoms with Gasteiger partial charge in [-0.3, -0.25) is 4.79 Å². The Balaban J connectivity index is 1.52. The summed E-state index contributed by atoms with van der Waals surface area (Å²) in [6.45, 7) is 4.28. The topological polar surface area (TPSA) is 54.5 Å². The fourth-order valence-corrected chi connectivity index (χ4v) is 4.56. The second-order valence-corrected chi connectivity index (χ2v) is 8.56. The van der Waals surface area contributed by atoms with Gasteiger partial charge < -0.3 is 15.0 Å². The van der Waals surface area contributed by atoms with Gasteiger partial charge in [0.2, 0.25) is 0 Å². The molecule has 3 aromatic rings. The van der Waals surface area contributed by atoms with Crippen LogP contribution in [0.5, 0.6) is 5.75 Å². The fraction of sp³-hybridized carbons (Fsp3) is 0.273. The first-order chi connectivity index (χ1) is 15.1. The van der Waals surface area contributed by atoms with Crippen LogP contribution in [-0.4, -0.2) is 28.7 Å². The second-order valence-electron chi connectivity index (χ2n) is 7.36. The lowest BCUT2D eigenvalue weighted by Gasteiger charge is -2.35. The van der Waals surface area contributed by atoms with Gasteiger partial charge in [0.05, 0.1) is 11.7 Å². The first-order valence-corrected chi connectivity index (χ1v) is 10.6. The van der Waals surface area contributed by atoms with Crippen molar-refractivity contribution >= 4 is 28.1 Å². The molecule has 2 aromatic carbocycles. The number of amides is 1. The molecule has 1 N–H and O–H groups in total. The van der Waals surface area contributed by atoms with Gasteiger partial charge in [0, 0.05) is 17.5 Å². The summed E-state index contributed by atoms with van der Waals surface area (Å²) >= 11 is 1.16. The van der Waals surface area contributed by atoms with E-state index in [1.807, 2.05) is 25.1 Å². The van der Waals surface area contributed by atoms with E-state index in [0.717, 1.165) is 35.5 Å². The molecule has 168 valence electrons. The van der Waals surface area contributed by atoms with Crippen LogP contribution < -0.4 is 10.1 Å². The number of carbonyl (C=O) groups is 1. The molecule has 0 saturated carbocycles. The molecule has 5 nitrogen and oxygen atoms in total. The van der Waals surface area contributed by atoms with Gasteiger partial charge in [0.15, 0.2) is 5.13 Å². The molecule has 0 aliphatic carbocycles. The lowest BCUT2D eigenvalue weighted by Crippen LogP contribution is -2.39. The maximum absolute atomic E-state index is 14.3. The lowest BCUT2D eigenvalue weighted by atomic mass is 9.93. The number of ether oxygens (including phenoxy) is 1. The Morgan fingerprint density at radius 3 is 2.72 bits per heavy atom. The highest BCUT2D eigenvalue weighted by Gasteiger charge is 2.32. The summed E-state index contributed by atoms with van der Waals surface area (Å²) < 4.78 is 54.9. The minimum Gasteiger partial charge on any atom is -0.406 e. The minimum atomic E-state index is -4.91. The Labute approximate surface area is 185 Å². The zero-order valence-corrected chi connectivity index (χ0v) is 18.0. The average molecular weight is 465 g/mol. The summed E-state index contributed by atoms with van der Waals surface area (Å²) in [6.07, 6.45) is -4.16. The quantitative estimate of drug-likeness (QED) is 0.481. The van der Waals surface area contributed by atoms with Crippen molar-refractivity contribution in [2.24, 2.45) is 0 Å². The third-order valence-electron chi connectivity index (χ3n) is 5.27. The van der Waals surface area contributed by atoms with Gasteiger partial charge in [-0.15, -0.1) is 24.5 Å². The predicted octanol–water partition coefficient (Wildman–Crippen LogP) is 5.99. The van der Waals surface area contributed by atoms with Crippen LogP contribution in [0.1, 0.15) is 39.5 Å². The Morgan fingerprint density at radius 2 is 2.00 bits per heavy atom. The summed E-state index contributed by atoms with van der Waals surface area (Å²) in [5, 5.41) is 3.00. The van der Waals surface area contributed by atoms with E-state index in [9.17, 15) is 22.4 Å². The minimum absolute atomic E-state index is 0.0764. The first-order valence-electron chi connectivity index (χ1n) is 9.81. The van der Waals surface area contributed by atoms with Gasteiger partial charge in [-0.1, -0.05) is 24.3 Å². The molecule has 0 bridgehead atoms. The lowest BCUT2D eigenvalue weighted by molar-refractivity contribution is -0.274. The van der Waals surface area contributed by atoms with Gasteiger partial charge in [-0.25, -0.2) is 9.37 Å². The number of hydrogen-bond acceptors (Lipinski definition) is 5. The molecule has 1 amide bonds. The number of nitrogens with one attached hydrogen (secondary N) is 1. The molecule has 0 radical (unpaired) electrons. The third kappa shape index (κ3) is 4.55. The molecular formula is C22H19F4N3O2S. The zero-order valence-electron chi connectivity index (χ0n) is 17.2. The second kappa shape index (κ2) is 8.42. The van der Waals surface area contributed by atoms with Crippen LogP contribution in [0.15, 0.2) is 42.5 Å². The van der Waals surface area contributed by atoms with E-state index in [0.29, 0.717) is 17.5 Å². The number of carbonyl (C=O) groups excluding carboxylic acids is 1. The standard InChI is InChI=1S/C22H19F4N3O2S/c1-12-16-6-4-3-5-14(16)9-10-29(12)20(30)19-13(2)32-21(28-19)27-18-8-7-15(11-17(18)23)31-22(24,25)26/h3-8,11-12H,9-10H2,1-2H3,(H,27,28). The fourth-order valence-electron chi connectivity index (χ4n) is 3.74. The van der Waals surface area contributed by atoms with E-state index in [2.05, 4.69) is 21.1 Å². The molecule has 0 spiro atoms. The van der Waals surface area contributed by atoms with Crippen molar-refractivity contribution < 1.29 is 27.1 Å². The van der Waals surface area contributed by atoms with E-state index < -0.39 is 17.9 Å². The largest absolute Gasteiger partial charge is 0.573 e. The van der Waals surface area contributed by atoms with E-state index in [-0.39, 0.29) is 28.5 Å². The van der Waals surface area contributed by atoms with Crippen molar-refractivity contribution in [2.45, 2.75) is 32.7 Å². The van der Waals surface area contributed by atoms with Crippen LogP contribution in [0, 0.1) is 12.7 Å². The molecular weight excluding hydrogens is 446 g/mol. The van der Waals surface area contributed by atoms with Gasteiger partial charge in [0.25, 0.3) is 5.91 Å². The molecule has 4 rings (SSSR count). The number of rotatable bonds is 4. The zero-order chi connectivity index (χ0) is 23.0. The molecule has 0 saturated heterocycles. The summed E-state index contributed by atoms with van der Waals surface area (Å²) in [7, 11) is 0. The molecule has 1 aliphatic heterocycles. The molecule has 1 atom stereocenters. The van der Waals surface area contributed by atoms with Crippen molar-refractivity contribution in [1.82, 2.24) is 9.88 Å². The van der Waals surface area contributed by atoms with Crippen LogP contribution in [0.4, 0.5) is 28.4 Å². The monoisotopic (exact) mass is 465 g/mol. The van der Waals surface area contributed by atoms with E-state index in [4.69, 9.17) is 0 Å². The van der Waals surface area contributed by atoms with E-state index >= 15 is 0 Å². The Hall–Kier alpha value is -3.14. The van der Waals surface area contributed by atoms with Gasteiger partial charge in [-0.05, 0) is 43.5 Å². The normalized spacial score (nSPS) is 15.9. The maximum Gasteiger partial charge on any atom is 0.573 e. The van der Waals surface area contributed by atoms with Crippen molar-refractivity contribution in [2.75, 3.05) is 11.9 Å². The van der Waals surface area contributed by atoms with Gasteiger partial charge >= 0.3 is 6.36 Å². The van der Waals surface area contributed by atoms with E-state index in [1.54, 1.807) is 11.8 Å². The number of anilines is 2. The summed E-state index contributed by atoms with van der Waals surface area (Å²) in [5.74, 6) is -1.82. The van der Waals surface area contributed by atoms with Crippen LogP contribution in [0.2, 0.25) is 0 Å². The van der Waals surface area contributed by atoms with Crippen LogP contribution in [-0.2, 0) is 6.42 Å². The number of fused-ring (bicyclic) bond motifs is 1. The third-order valence-corrected chi connectivity index (χ3v) is 6.16. The van der Waals surface area contributed by atoms with Gasteiger partial charge in [-0.2, -0.15) is 0 Å². The molecule has 10 heteroatoms. The molecule has 1 unspecified atom stereocenters. The predicted molar refractivity (Wildman–Crippen MR) is 113 cm³/mol. The highest BCUT2D eigenvalue weighted by atomic mass is 32.1. The smallest absolute Gasteiger partial charge is 0.406 e. The first kappa shape index (κ1) is 22.1. The highest BCUT2D eigenvalue weighted by Crippen LogP contribution is 2.34. The Bertz CT molecular complexity index is 1160. The molecule has 1 aromatic heterocycles. The number of benzene rings is 2. The number of halogens is 4. The van der Waals surface area contributed by atoms with Crippen molar-refractivity contribution in [1.29, 1.82) is 0 Å². The number of thiazole rings is 1. The SMILES string of the molecule is Cc1sc(Nc2ccc(OC(F)(F)F)cc2F)nc1C(=O)N1CCc2ccccc2C1C. The average Bonchev–Trinajstić information content (AvgIpc) is 3.09. The number of aromatic nitrogens is 1. The summed E-state index contributed by atoms with van der Waals surface area (Å²) in [4.78, 5) is 19.9. The van der Waals surface area contributed by atoms with Crippen LogP contribution in [0.25, 0.3) is 0 Å². The van der Waals surface area contributed by atoms with Crippen molar-refractivity contribution in [3.8, 4) is 5.75 Å². The number of aryl methyl sites for hydroxylation is 1. The molecule has 0 fully saturated rings. The Kier molecular flexibility index (Phi) is 5.81. The van der Waals surface area contributed by atoms with Crippen LogP contribution in [0.3, 0.4) is 0 Å².